The predicted molar refractivity (Wildman–Crippen MR) is 88.5 cm³/mol. The predicted octanol–water partition coefficient (Wildman–Crippen LogP) is 3.10. The Morgan fingerprint density at radius 3 is 2.96 bits per heavy atom. The van der Waals surface area contributed by atoms with Crippen LogP contribution in [0.4, 0.5) is 4.39 Å². The van der Waals surface area contributed by atoms with E-state index in [0.717, 1.165) is 42.8 Å². The summed E-state index contributed by atoms with van der Waals surface area (Å²) < 4.78 is 13.4. The van der Waals surface area contributed by atoms with Crippen molar-refractivity contribution in [2.75, 3.05) is 6.54 Å². The lowest BCUT2D eigenvalue weighted by molar-refractivity contribution is 0.00602. The maximum absolute atomic E-state index is 13.4. The Kier molecular flexibility index (Phi) is 5.03. The van der Waals surface area contributed by atoms with Crippen LogP contribution in [0.25, 0.3) is 0 Å². The van der Waals surface area contributed by atoms with Crippen LogP contribution in [0.2, 0.25) is 0 Å². The molecule has 0 bridgehead atoms. The highest BCUT2D eigenvalue weighted by molar-refractivity contribution is 5.20. The third-order valence-corrected chi connectivity index (χ3v) is 4.66. The summed E-state index contributed by atoms with van der Waals surface area (Å²) in [5.41, 5.74) is 3.14. The lowest BCUT2D eigenvalue weighted by Gasteiger charge is -2.39. The fourth-order valence-corrected chi connectivity index (χ4v) is 3.35. The second kappa shape index (κ2) is 7.20. The second-order valence-electron chi connectivity index (χ2n) is 6.35. The number of rotatable bonds is 4. The van der Waals surface area contributed by atoms with E-state index in [-0.39, 0.29) is 18.0 Å². The van der Waals surface area contributed by atoms with Gasteiger partial charge in [0.15, 0.2) is 0 Å². The first-order chi connectivity index (χ1) is 11.1. The smallest absolute Gasteiger partial charge is 0.123 e. The highest BCUT2D eigenvalue weighted by Gasteiger charge is 2.30. The van der Waals surface area contributed by atoms with Crippen molar-refractivity contribution in [3.05, 3.63) is 65.2 Å². The van der Waals surface area contributed by atoms with Crippen molar-refractivity contribution in [1.29, 1.82) is 0 Å². The number of piperidine rings is 1. The molecule has 0 spiro atoms. The first-order valence-electron chi connectivity index (χ1n) is 8.20. The molecule has 122 valence electrons. The third-order valence-electron chi connectivity index (χ3n) is 4.66. The number of aliphatic hydroxyl groups is 1. The SMILES string of the molecule is Cc1cccnc1CN1CCC[C@H](O)[C@@H]1Cc1cccc(F)c1. The van der Waals surface area contributed by atoms with Crippen molar-refractivity contribution in [3.8, 4) is 0 Å². The van der Waals surface area contributed by atoms with Crippen molar-refractivity contribution in [1.82, 2.24) is 9.88 Å². The Hall–Kier alpha value is -1.78. The number of aryl methyl sites for hydroxylation is 1. The van der Waals surface area contributed by atoms with E-state index < -0.39 is 0 Å². The average Bonchev–Trinajstić information content (AvgIpc) is 2.53. The first-order valence-corrected chi connectivity index (χ1v) is 8.20. The molecule has 2 heterocycles. The molecule has 2 atom stereocenters. The van der Waals surface area contributed by atoms with Crippen LogP contribution in [0.3, 0.4) is 0 Å². The summed E-state index contributed by atoms with van der Waals surface area (Å²) in [4.78, 5) is 6.76. The number of nitrogens with zero attached hydrogens (tertiary/aromatic N) is 2. The monoisotopic (exact) mass is 314 g/mol. The van der Waals surface area contributed by atoms with Crippen molar-refractivity contribution >= 4 is 0 Å². The van der Waals surface area contributed by atoms with Crippen molar-refractivity contribution in [2.24, 2.45) is 0 Å². The Bertz CT molecular complexity index is 661. The van der Waals surface area contributed by atoms with Crippen molar-refractivity contribution < 1.29 is 9.50 Å². The molecule has 1 fully saturated rings. The lowest BCUT2D eigenvalue weighted by atomic mass is 9.92. The van der Waals surface area contributed by atoms with Crippen LogP contribution in [0.15, 0.2) is 42.6 Å². The Balaban J connectivity index is 1.78. The van der Waals surface area contributed by atoms with Gasteiger partial charge in [-0.15, -0.1) is 0 Å². The van der Waals surface area contributed by atoms with Gasteiger partial charge in [-0.1, -0.05) is 18.2 Å². The third kappa shape index (κ3) is 3.95. The van der Waals surface area contributed by atoms with E-state index >= 15 is 0 Å². The molecule has 23 heavy (non-hydrogen) atoms. The number of pyridine rings is 1. The van der Waals surface area contributed by atoms with E-state index in [9.17, 15) is 9.50 Å². The summed E-state index contributed by atoms with van der Waals surface area (Å²) in [5.74, 6) is -0.222. The van der Waals surface area contributed by atoms with Gasteiger partial charge >= 0.3 is 0 Å². The molecule has 1 aliphatic heterocycles. The van der Waals surface area contributed by atoms with E-state index in [1.165, 1.54) is 6.07 Å². The van der Waals surface area contributed by atoms with Gasteiger partial charge in [-0.25, -0.2) is 4.39 Å². The molecule has 0 aliphatic carbocycles. The molecule has 1 aromatic heterocycles. The van der Waals surface area contributed by atoms with Crippen LogP contribution < -0.4 is 0 Å². The maximum atomic E-state index is 13.4. The zero-order valence-corrected chi connectivity index (χ0v) is 13.5. The number of likely N-dealkylation sites (tertiary alicyclic amines) is 1. The van der Waals surface area contributed by atoms with E-state index in [1.807, 2.05) is 18.3 Å². The molecule has 3 nitrogen and oxygen atoms in total. The van der Waals surface area contributed by atoms with E-state index in [4.69, 9.17) is 0 Å². The number of benzene rings is 1. The average molecular weight is 314 g/mol. The quantitative estimate of drug-likeness (QED) is 0.942. The molecule has 1 aromatic carbocycles. The summed E-state index contributed by atoms with van der Waals surface area (Å²) in [6, 6.07) is 10.7. The molecule has 0 amide bonds. The van der Waals surface area contributed by atoms with Gasteiger partial charge in [-0.2, -0.15) is 0 Å². The van der Waals surface area contributed by atoms with Gasteiger partial charge in [0.1, 0.15) is 5.82 Å². The fourth-order valence-electron chi connectivity index (χ4n) is 3.35. The fraction of sp³-hybridized carbons (Fsp3) is 0.421. The van der Waals surface area contributed by atoms with Gasteiger partial charge in [0.25, 0.3) is 0 Å². The second-order valence-corrected chi connectivity index (χ2v) is 6.35. The maximum Gasteiger partial charge on any atom is 0.123 e. The number of hydrogen-bond donors (Lipinski definition) is 1. The molecule has 0 unspecified atom stereocenters. The van der Waals surface area contributed by atoms with Crippen molar-refractivity contribution in [3.63, 3.8) is 0 Å². The number of halogens is 1. The summed E-state index contributed by atoms with van der Waals surface area (Å²) in [6.07, 6.45) is 3.87. The zero-order chi connectivity index (χ0) is 16.2. The normalized spacial score (nSPS) is 22.2. The number of aliphatic hydroxyl groups excluding tert-OH is 1. The molecule has 2 aromatic rings. The minimum absolute atomic E-state index is 0.00644. The molecular weight excluding hydrogens is 291 g/mol. The molecule has 1 saturated heterocycles. The van der Waals surface area contributed by atoms with Gasteiger partial charge in [-0.3, -0.25) is 9.88 Å². The summed E-state index contributed by atoms with van der Waals surface area (Å²) in [6.45, 7) is 3.72. The van der Waals surface area contributed by atoms with E-state index in [1.54, 1.807) is 12.1 Å². The lowest BCUT2D eigenvalue weighted by Crippen LogP contribution is -2.49. The van der Waals surface area contributed by atoms with Gasteiger partial charge in [0, 0.05) is 18.8 Å². The first kappa shape index (κ1) is 16.1. The zero-order valence-electron chi connectivity index (χ0n) is 13.5. The molecule has 0 saturated carbocycles. The molecule has 1 N–H and O–H groups in total. The Morgan fingerprint density at radius 1 is 1.30 bits per heavy atom. The van der Waals surface area contributed by atoms with Crippen LogP contribution in [0, 0.1) is 12.7 Å². The highest BCUT2D eigenvalue weighted by atomic mass is 19.1. The van der Waals surface area contributed by atoms with Gasteiger partial charge in [0.05, 0.1) is 11.8 Å². The Labute approximate surface area is 136 Å². The topological polar surface area (TPSA) is 36.4 Å². The van der Waals surface area contributed by atoms with Crippen LogP contribution in [0.5, 0.6) is 0 Å². The number of hydrogen-bond acceptors (Lipinski definition) is 3. The van der Waals surface area contributed by atoms with Gasteiger partial charge in [0.2, 0.25) is 0 Å². The van der Waals surface area contributed by atoms with Crippen LogP contribution in [0.1, 0.15) is 29.7 Å². The summed E-state index contributed by atoms with van der Waals surface area (Å²) in [7, 11) is 0. The molecular formula is C19H23FN2O. The van der Waals surface area contributed by atoms with Gasteiger partial charge in [-0.05, 0) is 62.1 Å². The van der Waals surface area contributed by atoms with Crippen LogP contribution in [-0.2, 0) is 13.0 Å². The highest BCUT2D eigenvalue weighted by Crippen LogP contribution is 2.24. The minimum atomic E-state index is -0.379. The molecule has 0 radical (unpaired) electrons. The van der Waals surface area contributed by atoms with Crippen LogP contribution in [-0.4, -0.2) is 33.7 Å². The Morgan fingerprint density at radius 2 is 2.17 bits per heavy atom. The summed E-state index contributed by atoms with van der Waals surface area (Å²) in [5, 5.41) is 10.5. The largest absolute Gasteiger partial charge is 0.391 e. The van der Waals surface area contributed by atoms with Crippen LogP contribution >= 0.6 is 0 Å². The minimum Gasteiger partial charge on any atom is -0.391 e. The molecule has 3 rings (SSSR count). The summed E-state index contributed by atoms with van der Waals surface area (Å²) >= 11 is 0. The van der Waals surface area contributed by atoms with E-state index in [0.29, 0.717) is 6.42 Å². The molecule has 1 aliphatic rings. The van der Waals surface area contributed by atoms with Crippen molar-refractivity contribution in [2.45, 2.75) is 44.9 Å². The standard InChI is InChI=1S/C19H23FN2O/c1-14-5-3-9-21-17(14)13-22-10-4-8-19(23)18(22)12-15-6-2-7-16(20)11-15/h2-3,5-7,9,11,18-19,23H,4,8,10,12-13H2,1H3/t18-,19-/m0/s1. The van der Waals surface area contributed by atoms with Gasteiger partial charge < -0.3 is 5.11 Å². The van der Waals surface area contributed by atoms with E-state index in [2.05, 4.69) is 22.9 Å². The number of aromatic nitrogens is 1. The molecule has 4 heteroatoms.